The van der Waals surface area contributed by atoms with Gasteiger partial charge in [0.15, 0.2) is 0 Å². The van der Waals surface area contributed by atoms with Gasteiger partial charge in [0.2, 0.25) is 5.88 Å². The van der Waals surface area contributed by atoms with Gasteiger partial charge < -0.3 is 15.8 Å². The molecule has 5 nitrogen and oxygen atoms in total. The highest BCUT2D eigenvalue weighted by atomic mass is 79.9. The summed E-state index contributed by atoms with van der Waals surface area (Å²) in [5.74, 6) is -0.0820. The number of hydrogen-bond acceptors (Lipinski definition) is 4. The lowest BCUT2D eigenvalue weighted by molar-refractivity contribution is 0.102. The Morgan fingerprint density at radius 3 is 2.80 bits per heavy atom. The smallest absolute Gasteiger partial charge is 0.261 e. The summed E-state index contributed by atoms with van der Waals surface area (Å²) in [6.07, 6.45) is 1.56. The molecule has 3 N–H and O–H groups in total. The van der Waals surface area contributed by atoms with Gasteiger partial charge in [0, 0.05) is 15.1 Å². The number of halogens is 2. The van der Waals surface area contributed by atoms with Gasteiger partial charge >= 0.3 is 0 Å². The molecule has 0 aliphatic carbocycles. The van der Waals surface area contributed by atoms with Crippen LogP contribution in [0.25, 0.3) is 0 Å². The van der Waals surface area contributed by atoms with E-state index in [4.69, 9.17) is 10.5 Å². The van der Waals surface area contributed by atoms with E-state index in [2.05, 4.69) is 42.2 Å². The van der Waals surface area contributed by atoms with E-state index in [9.17, 15) is 4.79 Å². The Kier molecular flexibility index (Phi) is 4.61. The van der Waals surface area contributed by atoms with Crippen LogP contribution in [0.4, 0.5) is 11.4 Å². The van der Waals surface area contributed by atoms with Gasteiger partial charge in [-0.25, -0.2) is 4.98 Å². The monoisotopic (exact) mass is 399 g/mol. The standard InChI is InChI=1S/C13H11Br2N3O2/c1-20-13-8(3-2-4-17-13)12(19)18-11-9(15)5-7(14)6-10(11)16/h2-6H,16H2,1H3,(H,18,19). The second-order valence-corrected chi connectivity index (χ2v) is 5.64. The summed E-state index contributed by atoms with van der Waals surface area (Å²) >= 11 is 6.69. The van der Waals surface area contributed by atoms with Crippen LogP contribution in [-0.2, 0) is 0 Å². The first kappa shape index (κ1) is 14.8. The molecule has 1 aromatic heterocycles. The highest BCUT2D eigenvalue weighted by Gasteiger charge is 2.16. The number of nitrogens with one attached hydrogen (secondary N) is 1. The molecule has 1 aromatic carbocycles. The molecule has 0 radical (unpaired) electrons. The molecule has 1 heterocycles. The number of carbonyl (C=O) groups is 1. The summed E-state index contributed by atoms with van der Waals surface area (Å²) in [5.41, 5.74) is 7.19. The Labute approximate surface area is 132 Å². The molecule has 104 valence electrons. The molecule has 0 unspecified atom stereocenters. The van der Waals surface area contributed by atoms with Gasteiger partial charge in [-0.1, -0.05) is 15.9 Å². The number of hydrogen-bond donors (Lipinski definition) is 2. The quantitative estimate of drug-likeness (QED) is 0.773. The van der Waals surface area contributed by atoms with Crippen molar-refractivity contribution in [2.75, 3.05) is 18.2 Å². The number of carbonyl (C=O) groups excluding carboxylic acids is 1. The average molecular weight is 401 g/mol. The van der Waals surface area contributed by atoms with Crippen LogP contribution in [0.1, 0.15) is 10.4 Å². The molecule has 7 heteroatoms. The first-order chi connectivity index (χ1) is 9.52. The zero-order valence-corrected chi connectivity index (χ0v) is 13.7. The minimum atomic E-state index is -0.343. The Morgan fingerprint density at radius 2 is 2.15 bits per heavy atom. The molecular weight excluding hydrogens is 390 g/mol. The van der Waals surface area contributed by atoms with Crippen LogP contribution in [0.3, 0.4) is 0 Å². The van der Waals surface area contributed by atoms with Gasteiger partial charge in [-0.15, -0.1) is 0 Å². The number of amides is 1. The molecule has 0 spiro atoms. The Hall–Kier alpha value is -1.60. The largest absolute Gasteiger partial charge is 0.480 e. The number of methoxy groups -OCH3 is 1. The third-order valence-electron chi connectivity index (χ3n) is 2.53. The minimum Gasteiger partial charge on any atom is -0.480 e. The number of pyridine rings is 1. The number of nitrogen functional groups attached to an aromatic ring is 1. The van der Waals surface area contributed by atoms with Gasteiger partial charge in [-0.3, -0.25) is 4.79 Å². The van der Waals surface area contributed by atoms with Crippen LogP contribution in [0.15, 0.2) is 39.4 Å². The Morgan fingerprint density at radius 1 is 1.40 bits per heavy atom. The van der Waals surface area contributed by atoms with E-state index in [0.29, 0.717) is 21.4 Å². The summed E-state index contributed by atoms with van der Waals surface area (Å²) in [6, 6.07) is 6.80. The molecule has 0 fully saturated rings. The number of benzene rings is 1. The molecule has 2 aromatic rings. The predicted molar refractivity (Wildman–Crippen MR) is 85.0 cm³/mol. The van der Waals surface area contributed by atoms with Crippen LogP contribution in [0, 0.1) is 0 Å². The number of ether oxygens (including phenoxy) is 1. The number of nitrogens with two attached hydrogens (primary N) is 1. The van der Waals surface area contributed by atoms with Crippen LogP contribution >= 0.6 is 31.9 Å². The second-order valence-electron chi connectivity index (χ2n) is 3.87. The highest BCUT2D eigenvalue weighted by molar-refractivity contribution is 9.11. The lowest BCUT2D eigenvalue weighted by atomic mass is 10.2. The topological polar surface area (TPSA) is 77.2 Å². The zero-order valence-electron chi connectivity index (χ0n) is 10.5. The van der Waals surface area contributed by atoms with Crippen molar-refractivity contribution >= 4 is 49.1 Å². The number of aromatic nitrogens is 1. The van der Waals surface area contributed by atoms with Crippen molar-refractivity contribution < 1.29 is 9.53 Å². The fourth-order valence-corrected chi connectivity index (χ4v) is 2.99. The van der Waals surface area contributed by atoms with Crippen molar-refractivity contribution in [3.05, 3.63) is 45.0 Å². The van der Waals surface area contributed by atoms with Crippen molar-refractivity contribution in [3.63, 3.8) is 0 Å². The van der Waals surface area contributed by atoms with E-state index in [1.54, 1.807) is 30.5 Å². The number of nitrogens with zero attached hydrogens (tertiary/aromatic N) is 1. The molecule has 0 saturated carbocycles. The number of rotatable bonds is 3. The normalized spacial score (nSPS) is 10.2. The average Bonchev–Trinajstić information content (AvgIpc) is 2.42. The van der Waals surface area contributed by atoms with Crippen LogP contribution in [-0.4, -0.2) is 18.0 Å². The van der Waals surface area contributed by atoms with Crippen LogP contribution < -0.4 is 15.8 Å². The first-order valence-electron chi connectivity index (χ1n) is 5.57. The lowest BCUT2D eigenvalue weighted by Gasteiger charge is -2.12. The molecule has 20 heavy (non-hydrogen) atoms. The van der Waals surface area contributed by atoms with Gasteiger partial charge in [0.1, 0.15) is 5.56 Å². The summed E-state index contributed by atoms with van der Waals surface area (Å²) in [4.78, 5) is 16.2. The van der Waals surface area contributed by atoms with Gasteiger partial charge in [0.05, 0.1) is 18.5 Å². The van der Waals surface area contributed by atoms with E-state index in [1.165, 1.54) is 7.11 Å². The molecule has 0 aliphatic rings. The molecule has 0 aliphatic heterocycles. The van der Waals surface area contributed by atoms with Crippen molar-refractivity contribution in [3.8, 4) is 5.88 Å². The molecule has 0 atom stereocenters. The lowest BCUT2D eigenvalue weighted by Crippen LogP contribution is -2.15. The molecule has 1 amide bonds. The van der Waals surface area contributed by atoms with Crippen molar-refractivity contribution in [2.24, 2.45) is 0 Å². The summed E-state index contributed by atoms with van der Waals surface area (Å²) in [6.45, 7) is 0. The summed E-state index contributed by atoms with van der Waals surface area (Å²) in [5, 5.41) is 2.75. The van der Waals surface area contributed by atoms with E-state index < -0.39 is 0 Å². The summed E-state index contributed by atoms with van der Waals surface area (Å²) in [7, 11) is 1.46. The highest BCUT2D eigenvalue weighted by Crippen LogP contribution is 2.33. The third-order valence-corrected chi connectivity index (χ3v) is 3.62. The summed E-state index contributed by atoms with van der Waals surface area (Å²) < 4.78 is 6.56. The third kappa shape index (κ3) is 3.10. The fourth-order valence-electron chi connectivity index (χ4n) is 1.63. The number of anilines is 2. The maximum absolute atomic E-state index is 12.3. The van der Waals surface area contributed by atoms with E-state index in [1.807, 2.05) is 0 Å². The SMILES string of the molecule is COc1ncccc1C(=O)Nc1c(N)cc(Br)cc1Br. The van der Waals surface area contributed by atoms with E-state index in [-0.39, 0.29) is 11.8 Å². The zero-order chi connectivity index (χ0) is 14.7. The molecule has 0 saturated heterocycles. The van der Waals surface area contributed by atoms with E-state index in [0.717, 1.165) is 4.47 Å². The van der Waals surface area contributed by atoms with Crippen LogP contribution in [0.5, 0.6) is 5.88 Å². The van der Waals surface area contributed by atoms with Crippen LogP contribution in [0.2, 0.25) is 0 Å². The molecule has 0 bridgehead atoms. The maximum Gasteiger partial charge on any atom is 0.261 e. The van der Waals surface area contributed by atoms with Crippen molar-refractivity contribution in [1.29, 1.82) is 0 Å². The van der Waals surface area contributed by atoms with Crippen molar-refractivity contribution in [1.82, 2.24) is 4.98 Å². The first-order valence-corrected chi connectivity index (χ1v) is 7.16. The predicted octanol–water partition coefficient (Wildman–Crippen LogP) is 3.45. The molecule has 2 rings (SSSR count). The van der Waals surface area contributed by atoms with E-state index >= 15 is 0 Å². The van der Waals surface area contributed by atoms with Crippen molar-refractivity contribution in [2.45, 2.75) is 0 Å². The van der Waals surface area contributed by atoms with Gasteiger partial charge in [-0.2, -0.15) is 0 Å². The second kappa shape index (κ2) is 6.23. The maximum atomic E-state index is 12.3. The molecular formula is C13H11Br2N3O2. The Balaban J connectivity index is 2.33. The van der Waals surface area contributed by atoms with Gasteiger partial charge in [0.25, 0.3) is 5.91 Å². The fraction of sp³-hybridized carbons (Fsp3) is 0.0769. The Bertz CT molecular complexity index is 639. The van der Waals surface area contributed by atoms with Gasteiger partial charge in [-0.05, 0) is 40.2 Å². The minimum absolute atomic E-state index is 0.261.